The Hall–Kier alpha value is -4.38. The third-order valence-electron chi connectivity index (χ3n) is 9.85. The van der Waals surface area contributed by atoms with Gasteiger partial charge in [0.1, 0.15) is 40.9 Å². The fourth-order valence-electron chi connectivity index (χ4n) is 6.91. The van der Waals surface area contributed by atoms with Gasteiger partial charge in [-0.3, -0.25) is 19.6 Å². The van der Waals surface area contributed by atoms with Crippen LogP contribution in [0.1, 0.15) is 81.3 Å². The zero-order chi connectivity index (χ0) is 40.4. The fourth-order valence-corrected chi connectivity index (χ4v) is 7.08. The highest BCUT2D eigenvalue weighted by Crippen LogP contribution is 2.32. The second-order valence-electron chi connectivity index (χ2n) is 13.8. The van der Waals surface area contributed by atoms with Crippen LogP contribution in [0.15, 0.2) is 52.3 Å². The van der Waals surface area contributed by atoms with Crippen molar-refractivity contribution in [1.82, 2.24) is 51.2 Å². The number of morpholine rings is 1. The van der Waals surface area contributed by atoms with Gasteiger partial charge in [0.25, 0.3) is 11.1 Å². The molecule has 0 atom stereocenters. The molecule has 57 heavy (non-hydrogen) atoms. The van der Waals surface area contributed by atoms with Crippen LogP contribution in [0, 0.1) is 11.7 Å². The summed E-state index contributed by atoms with van der Waals surface area (Å²) in [6.07, 6.45) is 10.4. The molecule has 4 aromatic heterocycles. The van der Waals surface area contributed by atoms with E-state index >= 15 is 0 Å². The van der Waals surface area contributed by atoms with Crippen molar-refractivity contribution in [3.8, 4) is 5.75 Å². The highest BCUT2D eigenvalue weighted by Gasteiger charge is 2.21. The van der Waals surface area contributed by atoms with E-state index in [9.17, 15) is 14.0 Å². The topological polar surface area (TPSA) is 184 Å². The van der Waals surface area contributed by atoms with Crippen LogP contribution in [0.3, 0.4) is 0 Å². The first-order chi connectivity index (χ1) is 27.9. The van der Waals surface area contributed by atoms with Crippen molar-refractivity contribution in [1.29, 1.82) is 0 Å². The number of aromatic nitrogens is 6. The molecule has 1 aromatic carbocycles. The summed E-state index contributed by atoms with van der Waals surface area (Å²) >= 11 is 5.71. The first-order valence-electron chi connectivity index (χ1n) is 20.1. The molecule has 0 unspecified atom stereocenters. The molecule has 6 heterocycles. The summed E-state index contributed by atoms with van der Waals surface area (Å²) in [6.45, 7) is 12.2. The number of aromatic amines is 2. The maximum Gasteiger partial charge on any atom is 0.258 e. The molecule has 0 amide bonds. The summed E-state index contributed by atoms with van der Waals surface area (Å²) in [7, 11) is 1.79. The molecule has 3 fully saturated rings. The standard InChI is InChI=1S/C19H27N5O.C16H14ClFN4O2.C4H9NO.C2H6/c25-19-15-7-10-22-16(12-21-11-13-5-8-20-9-6-13)17(15)23-18(24-19)14-3-1-2-4-14;1-19-7-13-15-10(4-5-20-13)16(23)22-14(21-15)8-24-9-2-3-12(18)11(17)6-9;1-3-6-4-2-5-1;1-2/h7,10,13-14,20-21H,1-6,8-9,11-12H2,(H,23,24,25);2-6,19H,7-8H2,1H3,(H,21,22,23);5H,1-4H2;1-2H3. The molecule has 14 nitrogen and oxygen atoms in total. The summed E-state index contributed by atoms with van der Waals surface area (Å²) in [5, 5.41) is 14.2. The SMILES string of the molecule is C1COCCN1.CC.CNCc1nccc2c(=O)[nH]c(COc3ccc(F)c(Cl)c3)nc12.O=c1[nH]c(C2CCCC2)nc2c(CNCC3CCNCC3)nccc12. The molecule has 0 bridgehead atoms. The molecule has 0 spiro atoms. The lowest BCUT2D eigenvalue weighted by Crippen LogP contribution is -2.33. The highest BCUT2D eigenvalue weighted by molar-refractivity contribution is 6.30. The molecule has 1 saturated carbocycles. The number of nitrogens with zero attached hydrogens (tertiary/aromatic N) is 4. The minimum Gasteiger partial charge on any atom is -0.486 e. The Labute approximate surface area is 337 Å². The summed E-state index contributed by atoms with van der Waals surface area (Å²) in [5.74, 6) is 2.17. The molecule has 16 heteroatoms. The van der Waals surface area contributed by atoms with Gasteiger partial charge in [-0.05, 0) is 82.5 Å². The first kappa shape index (κ1) is 43.7. The quantitative estimate of drug-likeness (QED) is 0.110. The predicted molar refractivity (Wildman–Crippen MR) is 222 cm³/mol. The zero-order valence-electron chi connectivity index (χ0n) is 33.2. The summed E-state index contributed by atoms with van der Waals surface area (Å²) in [6, 6.07) is 7.42. The first-order valence-corrected chi connectivity index (χ1v) is 20.4. The Kier molecular flexibility index (Phi) is 17.7. The maximum atomic E-state index is 13.1. The lowest BCUT2D eigenvalue weighted by atomic mass is 9.98. The monoisotopic (exact) mass is 806 g/mol. The molecular weight excluding hydrogens is 751 g/mol. The third kappa shape index (κ3) is 12.8. The lowest BCUT2D eigenvalue weighted by molar-refractivity contribution is 0.109. The summed E-state index contributed by atoms with van der Waals surface area (Å²) < 4.78 is 23.7. The van der Waals surface area contributed by atoms with Crippen LogP contribution in [-0.2, 0) is 24.4 Å². The number of benzene rings is 1. The third-order valence-corrected chi connectivity index (χ3v) is 10.1. The van der Waals surface area contributed by atoms with E-state index in [-0.39, 0.29) is 22.7 Å². The van der Waals surface area contributed by atoms with Crippen molar-refractivity contribution in [3.05, 3.63) is 97.3 Å². The van der Waals surface area contributed by atoms with Crippen LogP contribution < -0.4 is 37.1 Å². The van der Waals surface area contributed by atoms with Gasteiger partial charge in [0, 0.05) is 50.6 Å². The zero-order valence-corrected chi connectivity index (χ0v) is 33.9. The van der Waals surface area contributed by atoms with Crippen LogP contribution in [-0.4, -0.2) is 82.9 Å². The Balaban J connectivity index is 0.000000183. The van der Waals surface area contributed by atoms with Crippen LogP contribution in [0.4, 0.5) is 4.39 Å². The number of fused-ring (bicyclic) bond motifs is 2. The van der Waals surface area contributed by atoms with E-state index in [1.165, 1.54) is 43.9 Å². The van der Waals surface area contributed by atoms with Gasteiger partial charge >= 0.3 is 0 Å². The Morgan fingerprint density at radius 3 is 2.09 bits per heavy atom. The fraction of sp³-hybridized carbons (Fsp3) is 0.512. The van der Waals surface area contributed by atoms with Gasteiger partial charge in [0.15, 0.2) is 0 Å². The van der Waals surface area contributed by atoms with Gasteiger partial charge in [-0.25, -0.2) is 14.4 Å². The van der Waals surface area contributed by atoms with Crippen molar-refractivity contribution in [3.63, 3.8) is 0 Å². The minimum atomic E-state index is -0.524. The van der Waals surface area contributed by atoms with Crippen LogP contribution in [0.25, 0.3) is 21.8 Å². The van der Waals surface area contributed by atoms with E-state index in [2.05, 4.69) is 46.2 Å². The van der Waals surface area contributed by atoms with E-state index in [0.717, 1.165) is 81.7 Å². The van der Waals surface area contributed by atoms with E-state index in [1.807, 2.05) is 13.8 Å². The molecular formula is C41H56ClFN10O4. The van der Waals surface area contributed by atoms with Crippen LogP contribution >= 0.6 is 11.6 Å². The van der Waals surface area contributed by atoms with Gasteiger partial charge in [-0.2, -0.15) is 0 Å². The molecule has 5 aromatic rings. The van der Waals surface area contributed by atoms with Crippen molar-refractivity contribution in [2.45, 2.75) is 78.0 Å². The van der Waals surface area contributed by atoms with Gasteiger partial charge < -0.3 is 40.7 Å². The molecule has 3 aliphatic rings. The van der Waals surface area contributed by atoms with E-state index in [0.29, 0.717) is 52.6 Å². The average molecular weight is 807 g/mol. The Morgan fingerprint density at radius 2 is 1.47 bits per heavy atom. The number of hydrogen-bond acceptors (Lipinski definition) is 12. The van der Waals surface area contributed by atoms with Gasteiger partial charge in [0.2, 0.25) is 0 Å². The number of halogens is 2. The highest BCUT2D eigenvalue weighted by atomic mass is 35.5. The number of piperidine rings is 1. The predicted octanol–water partition coefficient (Wildman–Crippen LogP) is 5.11. The van der Waals surface area contributed by atoms with Gasteiger partial charge in [-0.1, -0.05) is 38.3 Å². The van der Waals surface area contributed by atoms with Crippen molar-refractivity contribution < 1.29 is 13.9 Å². The average Bonchev–Trinajstić information content (AvgIpc) is 3.80. The second kappa shape index (κ2) is 23.1. The molecule has 2 aliphatic heterocycles. The normalized spacial score (nSPS) is 15.9. The number of rotatable bonds is 10. The molecule has 308 valence electrons. The smallest absolute Gasteiger partial charge is 0.258 e. The van der Waals surface area contributed by atoms with Gasteiger partial charge in [-0.15, -0.1) is 0 Å². The molecule has 8 rings (SSSR count). The number of ether oxygens (including phenoxy) is 2. The summed E-state index contributed by atoms with van der Waals surface area (Å²) in [4.78, 5) is 48.3. The lowest BCUT2D eigenvalue weighted by Gasteiger charge is -2.22. The van der Waals surface area contributed by atoms with E-state index in [4.69, 9.17) is 26.1 Å². The summed E-state index contributed by atoms with van der Waals surface area (Å²) in [5.41, 5.74) is 2.55. The van der Waals surface area contributed by atoms with E-state index in [1.54, 1.807) is 31.6 Å². The van der Waals surface area contributed by atoms with Crippen LogP contribution in [0.2, 0.25) is 5.02 Å². The maximum absolute atomic E-state index is 13.1. The Morgan fingerprint density at radius 1 is 0.842 bits per heavy atom. The van der Waals surface area contributed by atoms with Crippen molar-refractivity contribution >= 4 is 33.4 Å². The molecule has 6 N–H and O–H groups in total. The number of H-pyrrole nitrogens is 2. The van der Waals surface area contributed by atoms with Crippen LogP contribution in [0.5, 0.6) is 5.75 Å². The largest absolute Gasteiger partial charge is 0.486 e. The molecule has 0 radical (unpaired) electrons. The number of nitrogens with one attached hydrogen (secondary N) is 6. The van der Waals surface area contributed by atoms with Crippen molar-refractivity contribution in [2.24, 2.45) is 5.92 Å². The molecule has 1 aliphatic carbocycles. The number of hydrogen-bond donors (Lipinski definition) is 6. The second-order valence-corrected chi connectivity index (χ2v) is 14.2. The van der Waals surface area contributed by atoms with E-state index < -0.39 is 5.82 Å². The van der Waals surface area contributed by atoms with Gasteiger partial charge in [0.05, 0.1) is 40.4 Å². The number of pyridine rings is 2. The molecule has 2 saturated heterocycles. The van der Waals surface area contributed by atoms with Crippen molar-refractivity contribution in [2.75, 3.05) is 53.0 Å². The minimum absolute atomic E-state index is 0.0149. The Bertz CT molecular complexity index is 2110.